The van der Waals surface area contributed by atoms with E-state index < -0.39 is 12.7 Å². The summed E-state index contributed by atoms with van der Waals surface area (Å²) in [4.78, 5) is 8.58. The molecule has 10 heteroatoms. The average Bonchev–Trinajstić information content (AvgIpc) is 3.22. The molecule has 3 aliphatic heterocycles. The van der Waals surface area contributed by atoms with E-state index in [1.165, 1.54) is 4.90 Å². The van der Waals surface area contributed by atoms with E-state index >= 15 is 0 Å². The maximum Gasteiger partial charge on any atom is 0.401 e. The van der Waals surface area contributed by atoms with Gasteiger partial charge in [0.05, 0.1) is 19.3 Å². The van der Waals surface area contributed by atoms with Crippen molar-refractivity contribution < 1.29 is 22.6 Å². The highest BCUT2D eigenvalue weighted by Gasteiger charge is 2.33. The molecule has 6 nitrogen and oxygen atoms in total. The van der Waals surface area contributed by atoms with E-state index in [1.807, 2.05) is 0 Å². The van der Waals surface area contributed by atoms with E-state index in [4.69, 9.17) is 14.5 Å². The van der Waals surface area contributed by atoms with Crippen molar-refractivity contribution in [2.75, 3.05) is 59.0 Å². The zero-order chi connectivity index (χ0) is 20.7. The number of piperidine rings is 1. The zero-order valence-corrected chi connectivity index (χ0v) is 20.2. The fraction of sp³-hybridized carbons (Fsp3) is 0.950. The fourth-order valence-electron chi connectivity index (χ4n) is 4.45. The maximum atomic E-state index is 12.5. The molecular weight excluding hydrogens is 512 g/mol. The van der Waals surface area contributed by atoms with Gasteiger partial charge in [0.25, 0.3) is 0 Å². The van der Waals surface area contributed by atoms with Gasteiger partial charge in [0.15, 0.2) is 5.96 Å². The molecule has 176 valence electrons. The SMILES string of the molecule is CCNC(=NCCC1CCN(CC(F)(F)F)CC1)N1CCOC(C2CCCO2)C1.I. The van der Waals surface area contributed by atoms with Crippen molar-refractivity contribution in [1.82, 2.24) is 15.1 Å². The van der Waals surface area contributed by atoms with Crippen molar-refractivity contribution in [2.45, 2.75) is 57.4 Å². The van der Waals surface area contributed by atoms with E-state index in [-0.39, 0.29) is 36.2 Å². The van der Waals surface area contributed by atoms with Crippen LogP contribution in [0.3, 0.4) is 0 Å². The molecular formula is C20H36F3IN4O2. The van der Waals surface area contributed by atoms with Gasteiger partial charge in [-0.15, -0.1) is 24.0 Å². The number of hydrogen-bond donors (Lipinski definition) is 1. The number of ether oxygens (including phenoxy) is 2. The molecule has 0 aromatic carbocycles. The Labute approximate surface area is 194 Å². The zero-order valence-electron chi connectivity index (χ0n) is 17.8. The van der Waals surface area contributed by atoms with Gasteiger partial charge in [0.2, 0.25) is 0 Å². The Bertz CT molecular complexity index is 525. The standard InChI is InChI=1S/C20H35F3N4O2.HI/c1-2-24-19(27-11-13-29-18(14-27)17-4-3-12-28-17)25-8-5-16-6-9-26(10-7-16)15-20(21,22)23;/h16-18H,2-15H2,1H3,(H,24,25);1H. The van der Waals surface area contributed by atoms with Crippen molar-refractivity contribution >= 4 is 29.9 Å². The topological polar surface area (TPSA) is 49.3 Å². The van der Waals surface area contributed by atoms with Crippen LogP contribution in [0.4, 0.5) is 13.2 Å². The summed E-state index contributed by atoms with van der Waals surface area (Å²) < 4.78 is 49.3. The molecule has 0 aliphatic carbocycles. The van der Waals surface area contributed by atoms with Crippen LogP contribution >= 0.6 is 24.0 Å². The number of likely N-dealkylation sites (tertiary alicyclic amines) is 1. The van der Waals surface area contributed by atoms with Crippen molar-refractivity contribution in [3.8, 4) is 0 Å². The van der Waals surface area contributed by atoms with E-state index in [2.05, 4.69) is 17.1 Å². The minimum Gasteiger partial charge on any atom is -0.375 e. The number of aliphatic imine (C=N–C) groups is 1. The highest BCUT2D eigenvalue weighted by molar-refractivity contribution is 14.0. The van der Waals surface area contributed by atoms with Crippen LogP contribution in [0.1, 0.15) is 39.0 Å². The largest absolute Gasteiger partial charge is 0.401 e. The number of halogens is 4. The number of guanidine groups is 1. The predicted octanol–water partition coefficient (Wildman–Crippen LogP) is 3.11. The van der Waals surface area contributed by atoms with E-state index in [0.29, 0.717) is 32.2 Å². The molecule has 0 amide bonds. The number of rotatable bonds is 6. The molecule has 0 saturated carbocycles. The number of alkyl halides is 3. The number of morpholine rings is 1. The Balaban J connectivity index is 0.00000320. The van der Waals surface area contributed by atoms with Crippen LogP contribution in [-0.2, 0) is 9.47 Å². The molecule has 3 saturated heterocycles. The summed E-state index contributed by atoms with van der Waals surface area (Å²) >= 11 is 0. The van der Waals surface area contributed by atoms with Gasteiger partial charge < -0.3 is 19.7 Å². The third kappa shape index (κ3) is 8.31. The summed E-state index contributed by atoms with van der Waals surface area (Å²) in [7, 11) is 0. The van der Waals surface area contributed by atoms with Gasteiger partial charge >= 0.3 is 6.18 Å². The smallest absolute Gasteiger partial charge is 0.375 e. The van der Waals surface area contributed by atoms with Crippen LogP contribution in [-0.4, -0.2) is 93.2 Å². The molecule has 0 radical (unpaired) electrons. The van der Waals surface area contributed by atoms with Gasteiger partial charge in [-0.05, 0) is 58.0 Å². The minimum absolute atomic E-state index is 0. The van der Waals surface area contributed by atoms with Crippen LogP contribution < -0.4 is 5.32 Å². The summed E-state index contributed by atoms with van der Waals surface area (Å²) in [5, 5.41) is 3.38. The Hall–Kier alpha value is -0.330. The molecule has 3 heterocycles. The number of nitrogens with one attached hydrogen (secondary N) is 1. The lowest BCUT2D eigenvalue weighted by Crippen LogP contribution is -2.53. The third-order valence-corrected chi connectivity index (χ3v) is 6.02. The molecule has 3 rings (SSSR count). The first-order chi connectivity index (χ1) is 13.9. The molecule has 30 heavy (non-hydrogen) atoms. The van der Waals surface area contributed by atoms with Crippen molar-refractivity contribution in [3.63, 3.8) is 0 Å². The van der Waals surface area contributed by atoms with Gasteiger partial charge in [-0.2, -0.15) is 13.2 Å². The first kappa shape index (κ1) is 25.9. The van der Waals surface area contributed by atoms with Crippen LogP contribution in [0.25, 0.3) is 0 Å². The lowest BCUT2D eigenvalue weighted by molar-refractivity contribution is -0.148. The lowest BCUT2D eigenvalue weighted by Gasteiger charge is -2.37. The Morgan fingerprint density at radius 2 is 1.80 bits per heavy atom. The second-order valence-electron chi connectivity index (χ2n) is 8.27. The molecule has 2 atom stereocenters. The summed E-state index contributed by atoms with van der Waals surface area (Å²) in [5.74, 6) is 1.36. The number of hydrogen-bond acceptors (Lipinski definition) is 4. The summed E-state index contributed by atoms with van der Waals surface area (Å²) in [6.07, 6.45) is 0.892. The Morgan fingerprint density at radius 1 is 1.07 bits per heavy atom. The van der Waals surface area contributed by atoms with Gasteiger partial charge in [-0.1, -0.05) is 0 Å². The molecule has 0 bridgehead atoms. The first-order valence-corrected chi connectivity index (χ1v) is 11.0. The van der Waals surface area contributed by atoms with Crippen LogP contribution in [0.5, 0.6) is 0 Å². The minimum atomic E-state index is -4.10. The molecule has 1 N–H and O–H groups in total. The number of nitrogens with zero attached hydrogens (tertiary/aromatic N) is 3. The van der Waals surface area contributed by atoms with Crippen LogP contribution in [0.15, 0.2) is 4.99 Å². The van der Waals surface area contributed by atoms with Crippen molar-refractivity contribution in [1.29, 1.82) is 0 Å². The second kappa shape index (κ2) is 12.6. The van der Waals surface area contributed by atoms with Crippen molar-refractivity contribution in [3.05, 3.63) is 0 Å². The Kier molecular flexibility index (Phi) is 10.9. The summed E-state index contributed by atoms with van der Waals surface area (Å²) in [5.41, 5.74) is 0. The van der Waals surface area contributed by atoms with E-state index in [9.17, 15) is 13.2 Å². The average molecular weight is 548 g/mol. The highest BCUT2D eigenvalue weighted by Crippen LogP contribution is 2.24. The maximum absolute atomic E-state index is 12.5. The lowest BCUT2D eigenvalue weighted by atomic mass is 9.93. The third-order valence-electron chi connectivity index (χ3n) is 6.02. The quantitative estimate of drug-likeness (QED) is 0.314. The fourth-order valence-corrected chi connectivity index (χ4v) is 4.45. The summed E-state index contributed by atoms with van der Waals surface area (Å²) in [6.45, 7) is 6.92. The van der Waals surface area contributed by atoms with Crippen LogP contribution in [0.2, 0.25) is 0 Å². The normalized spacial score (nSPS) is 27.2. The van der Waals surface area contributed by atoms with E-state index in [1.54, 1.807) is 0 Å². The van der Waals surface area contributed by atoms with Gasteiger partial charge in [0, 0.05) is 32.8 Å². The molecule has 0 spiro atoms. The van der Waals surface area contributed by atoms with Gasteiger partial charge in [-0.3, -0.25) is 9.89 Å². The first-order valence-electron chi connectivity index (χ1n) is 11.0. The predicted molar refractivity (Wildman–Crippen MR) is 122 cm³/mol. The monoisotopic (exact) mass is 548 g/mol. The molecule has 2 unspecified atom stereocenters. The molecule has 3 fully saturated rings. The molecule has 0 aromatic rings. The molecule has 0 aromatic heterocycles. The van der Waals surface area contributed by atoms with Crippen molar-refractivity contribution in [2.24, 2.45) is 10.9 Å². The van der Waals surface area contributed by atoms with Gasteiger partial charge in [0.1, 0.15) is 6.10 Å². The highest BCUT2D eigenvalue weighted by atomic mass is 127. The second-order valence-corrected chi connectivity index (χ2v) is 8.27. The summed E-state index contributed by atoms with van der Waals surface area (Å²) in [6, 6.07) is 0. The van der Waals surface area contributed by atoms with Gasteiger partial charge in [-0.25, -0.2) is 0 Å². The molecule has 3 aliphatic rings. The Morgan fingerprint density at radius 3 is 2.43 bits per heavy atom. The van der Waals surface area contributed by atoms with E-state index in [0.717, 1.165) is 64.3 Å². The van der Waals surface area contributed by atoms with Crippen LogP contribution in [0, 0.1) is 5.92 Å².